The fourth-order valence-electron chi connectivity index (χ4n) is 5.47. The van der Waals surface area contributed by atoms with Crippen molar-refractivity contribution in [3.05, 3.63) is 35.4 Å². The predicted molar refractivity (Wildman–Crippen MR) is 98.5 cm³/mol. The fraction of sp³-hybridized carbons (Fsp3) is 0.667. The molecule has 2 heterocycles. The summed E-state index contributed by atoms with van der Waals surface area (Å²) >= 11 is 0. The molecule has 25 heavy (non-hydrogen) atoms. The van der Waals surface area contributed by atoms with E-state index in [2.05, 4.69) is 41.1 Å². The first-order valence-corrected chi connectivity index (χ1v) is 9.62. The van der Waals surface area contributed by atoms with Crippen LogP contribution in [-0.4, -0.2) is 62.7 Å². The van der Waals surface area contributed by atoms with Crippen LogP contribution in [0.4, 0.5) is 0 Å². The minimum absolute atomic E-state index is 0.249. The Bertz CT molecular complexity index is 622. The molecule has 1 amide bonds. The van der Waals surface area contributed by atoms with Crippen LogP contribution in [0.5, 0.6) is 0 Å². The number of hydrogen-bond donors (Lipinski definition) is 0. The number of ether oxygens (including phenoxy) is 1. The van der Waals surface area contributed by atoms with Crippen LogP contribution in [0.3, 0.4) is 0 Å². The number of nitrogens with zero attached hydrogens (tertiary/aromatic N) is 2. The Labute approximate surface area is 151 Å². The quantitative estimate of drug-likeness (QED) is 0.841. The Morgan fingerprint density at radius 2 is 1.96 bits per heavy atom. The van der Waals surface area contributed by atoms with Gasteiger partial charge in [0, 0.05) is 51.0 Å². The summed E-state index contributed by atoms with van der Waals surface area (Å²) in [5.74, 6) is 1.40. The van der Waals surface area contributed by atoms with Gasteiger partial charge in [-0.15, -0.1) is 0 Å². The van der Waals surface area contributed by atoms with Crippen LogP contribution < -0.4 is 0 Å². The zero-order chi connectivity index (χ0) is 17.4. The molecule has 1 spiro atoms. The van der Waals surface area contributed by atoms with Crippen molar-refractivity contribution in [3.8, 4) is 0 Å². The summed E-state index contributed by atoms with van der Waals surface area (Å²) in [6.07, 6.45) is 3.96. The number of likely N-dealkylation sites (tertiary alicyclic amines) is 2. The molecule has 2 aliphatic heterocycles. The number of carbonyl (C=O) groups is 1. The van der Waals surface area contributed by atoms with Gasteiger partial charge in [0.25, 0.3) is 0 Å². The van der Waals surface area contributed by atoms with Crippen molar-refractivity contribution in [2.75, 3.05) is 46.9 Å². The molecule has 1 aromatic carbocycles. The van der Waals surface area contributed by atoms with Crippen molar-refractivity contribution >= 4 is 5.91 Å². The first-order chi connectivity index (χ1) is 12.1. The van der Waals surface area contributed by atoms with E-state index >= 15 is 0 Å². The maximum absolute atomic E-state index is 12.9. The van der Waals surface area contributed by atoms with E-state index in [-0.39, 0.29) is 5.41 Å². The van der Waals surface area contributed by atoms with Gasteiger partial charge < -0.3 is 14.5 Å². The third kappa shape index (κ3) is 3.22. The fourth-order valence-corrected chi connectivity index (χ4v) is 5.47. The van der Waals surface area contributed by atoms with Gasteiger partial charge in [-0.3, -0.25) is 4.79 Å². The molecule has 0 N–H and O–H groups in total. The molecule has 4 rings (SSSR count). The van der Waals surface area contributed by atoms with Crippen molar-refractivity contribution in [2.24, 2.45) is 17.3 Å². The van der Waals surface area contributed by atoms with E-state index < -0.39 is 0 Å². The lowest BCUT2D eigenvalue weighted by molar-refractivity contribution is -0.131. The predicted octanol–water partition coefficient (Wildman–Crippen LogP) is 2.22. The molecule has 1 aliphatic carbocycles. The van der Waals surface area contributed by atoms with Crippen molar-refractivity contribution in [3.63, 3.8) is 0 Å². The number of benzene rings is 1. The van der Waals surface area contributed by atoms with Crippen molar-refractivity contribution in [1.82, 2.24) is 9.80 Å². The Hall–Kier alpha value is -1.39. The van der Waals surface area contributed by atoms with Crippen LogP contribution in [0.1, 0.15) is 24.0 Å². The second kappa shape index (κ2) is 6.73. The van der Waals surface area contributed by atoms with Crippen LogP contribution in [0.15, 0.2) is 24.3 Å². The molecule has 2 saturated heterocycles. The Kier molecular flexibility index (Phi) is 4.59. The van der Waals surface area contributed by atoms with E-state index in [0.717, 1.165) is 52.0 Å². The van der Waals surface area contributed by atoms with Gasteiger partial charge in [-0.1, -0.05) is 24.3 Å². The number of amides is 1. The highest BCUT2D eigenvalue weighted by Crippen LogP contribution is 2.44. The Morgan fingerprint density at radius 1 is 1.24 bits per heavy atom. The molecule has 0 aromatic heterocycles. The highest BCUT2D eigenvalue weighted by Gasteiger charge is 2.50. The number of fused-ring (bicyclic) bond motifs is 1. The molecular weight excluding hydrogens is 312 g/mol. The summed E-state index contributed by atoms with van der Waals surface area (Å²) in [5.41, 5.74) is 3.13. The average Bonchev–Trinajstić information content (AvgIpc) is 3.26. The number of methoxy groups -OCH3 is 1. The molecule has 0 bridgehead atoms. The molecule has 2 atom stereocenters. The highest BCUT2D eigenvalue weighted by molar-refractivity contribution is 5.77. The van der Waals surface area contributed by atoms with E-state index in [1.165, 1.54) is 11.1 Å². The Balaban J connectivity index is 1.37. The first-order valence-electron chi connectivity index (χ1n) is 9.62. The zero-order valence-electron chi connectivity index (χ0n) is 15.5. The van der Waals surface area contributed by atoms with Gasteiger partial charge in [0.1, 0.15) is 0 Å². The molecule has 4 nitrogen and oxygen atoms in total. The smallest absolute Gasteiger partial charge is 0.222 e. The average molecular weight is 342 g/mol. The monoisotopic (exact) mass is 342 g/mol. The first kappa shape index (κ1) is 17.0. The van der Waals surface area contributed by atoms with Gasteiger partial charge in [0.2, 0.25) is 5.91 Å². The van der Waals surface area contributed by atoms with Crippen molar-refractivity contribution in [2.45, 2.75) is 25.7 Å². The standard InChI is InChI=1S/C21H30N2O2/c1-22-12-19(13-25-2)21(14-22)7-8-23(15-21)20(24)11-16-9-17-5-3-4-6-18(17)10-16/h3-6,16,19H,7-15H2,1-2H3/t19-,21+/m1/s1. The second-order valence-corrected chi connectivity index (χ2v) is 8.52. The minimum Gasteiger partial charge on any atom is -0.384 e. The SMILES string of the molecule is COC[C@H]1CN(C)C[C@]12CCN(C(=O)CC1Cc3ccccc3C1)C2. The van der Waals surface area contributed by atoms with Crippen LogP contribution in [0.2, 0.25) is 0 Å². The van der Waals surface area contributed by atoms with E-state index in [1.807, 2.05) is 0 Å². The summed E-state index contributed by atoms with van der Waals surface area (Å²) in [4.78, 5) is 17.5. The Morgan fingerprint density at radius 3 is 2.64 bits per heavy atom. The lowest BCUT2D eigenvalue weighted by Crippen LogP contribution is -2.38. The maximum atomic E-state index is 12.9. The minimum atomic E-state index is 0.249. The topological polar surface area (TPSA) is 32.8 Å². The summed E-state index contributed by atoms with van der Waals surface area (Å²) in [6, 6.07) is 8.66. The zero-order valence-corrected chi connectivity index (χ0v) is 15.5. The molecule has 1 aromatic rings. The summed E-state index contributed by atoms with van der Waals surface area (Å²) in [5, 5.41) is 0. The molecule has 0 radical (unpaired) electrons. The van der Waals surface area contributed by atoms with Gasteiger partial charge in [0.05, 0.1) is 6.61 Å². The number of carbonyl (C=O) groups excluding carboxylic acids is 1. The van der Waals surface area contributed by atoms with Gasteiger partial charge in [-0.05, 0) is 43.4 Å². The third-order valence-electron chi connectivity index (χ3n) is 6.69. The summed E-state index contributed by atoms with van der Waals surface area (Å²) < 4.78 is 5.47. The molecule has 4 heteroatoms. The molecule has 3 aliphatic rings. The largest absolute Gasteiger partial charge is 0.384 e. The molecule has 2 fully saturated rings. The highest BCUT2D eigenvalue weighted by atomic mass is 16.5. The molecule has 136 valence electrons. The van der Waals surface area contributed by atoms with Gasteiger partial charge in [-0.2, -0.15) is 0 Å². The van der Waals surface area contributed by atoms with E-state index in [4.69, 9.17) is 4.74 Å². The molecule has 0 unspecified atom stereocenters. The maximum Gasteiger partial charge on any atom is 0.222 e. The number of rotatable bonds is 4. The summed E-state index contributed by atoms with van der Waals surface area (Å²) in [6.45, 7) is 4.84. The number of hydrogen-bond acceptors (Lipinski definition) is 3. The summed E-state index contributed by atoms with van der Waals surface area (Å²) in [7, 11) is 3.99. The van der Waals surface area contributed by atoms with E-state index in [9.17, 15) is 4.79 Å². The van der Waals surface area contributed by atoms with Crippen molar-refractivity contribution in [1.29, 1.82) is 0 Å². The van der Waals surface area contributed by atoms with E-state index in [1.54, 1.807) is 7.11 Å². The normalized spacial score (nSPS) is 29.7. The molecular formula is C21H30N2O2. The van der Waals surface area contributed by atoms with Crippen LogP contribution in [-0.2, 0) is 22.4 Å². The van der Waals surface area contributed by atoms with Gasteiger partial charge >= 0.3 is 0 Å². The lowest BCUT2D eigenvalue weighted by atomic mass is 9.77. The van der Waals surface area contributed by atoms with Gasteiger partial charge in [-0.25, -0.2) is 0 Å². The van der Waals surface area contributed by atoms with Crippen LogP contribution in [0.25, 0.3) is 0 Å². The van der Waals surface area contributed by atoms with E-state index in [0.29, 0.717) is 24.2 Å². The molecule has 0 saturated carbocycles. The second-order valence-electron chi connectivity index (χ2n) is 8.52. The van der Waals surface area contributed by atoms with Gasteiger partial charge in [0.15, 0.2) is 0 Å². The van der Waals surface area contributed by atoms with Crippen LogP contribution >= 0.6 is 0 Å². The third-order valence-corrected chi connectivity index (χ3v) is 6.69. The lowest BCUT2D eigenvalue weighted by Gasteiger charge is -2.30. The van der Waals surface area contributed by atoms with Crippen molar-refractivity contribution < 1.29 is 9.53 Å². The van der Waals surface area contributed by atoms with Crippen LogP contribution in [0, 0.1) is 17.3 Å².